The van der Waals surface area contributed by atoms with Gasteiger partial charge in [-0.1, -0.05) is 0 Å². The molecule has 11 heteroatoms. The van der Waals surface area contributed by atoms with Gasteiger partial charge in [-0.15, -0.1) is 0 Å². The molecule has 1 aromatic carbocycles. The summed E-state index contributed by atoms with van der Waals surface area (Å²) < 4.78 is 50.5. The average molecular weight is 499 g/mol. The molecule has 182 valence electrons. The third kappa shape index (κ3) is 4.55. The molecule has 0 radical (unpaired) electrons. The van der Waals surface area contributed by atoms with Crippen LogP contribution >= 0.6 is 0 Å². The maximum absolute atomic E-state index is 14.1. The zero-order valence-corrected chi connectivity index (χ0v) is 20.1. The molecule has 1 saturated heterocycles. The molecule has 1 aliphatic rings. The average Bonchev–Trinajstić information content (AvgIpc) is 3.28. The Kier molecular flexibility index (Phi) is 6.10. The van der Waals surface area contributed by atoms with Crippen molar-refractivity contribution in [2.24, 2.45) is 4.36 Å². The van der Waals surface area contributed by atoms with Crippen molar-refractivity contribution >= 4 is 26.4 Å². The normalized spacial score (nSPS) is 16.3. The summed E-state index contributed by atoms with van der Waals surface area (Å²) in [6, 6.07) is 9.16. The Morgan fingerprint density at radius 3 is 2.51 bits per heavy atom. The van der Waals surface area contributed by atoms with Gasteiger partial charge in [-0.2, -0.15) is 5.10 Å². The number of hydrogen-bond donors (Lipinski definition) is 1. The number of rotatable bonds is 5. The molecular formula is C24H24F2N6O2S. The number of aromatic amines is 1. The van der Waals surface area contributed by atoms with Gasteiger partial charge < -0.3 is 9.64 Å². The second kappa shape index (κ2) is 9.21. The molecule has 8 nitrogen and oxygen atoms in total. The Bertz CT molecular complexity index is 1460. The maximum Gasteiger partial charge on any atom is 0.151 e. The minimum atomic E-state index is -2.09. The SMILES string of the molecule is CN=S1(=O)CCN(c2ccc(-c3n[nH]c4ccc(OC(C)c5c(F)cncc5F)cc34)cn2)CC1. The molecule has 4 heterocycles. The zero-order valence-electron chi connectivity index (χ0n) is 19.2. The largest absolute Gasteiger partial charge is 0.486 e. The monoisotopic (exact) mass is 498 g/mol. The van der Waals surface area contributed by atoms with Crippen LogP contribution in [0.15, 0.2) is 53.3 Å². The highest BCUT2D eigenvalue weighted by atomic mass is 32.2. The van der Waals surface area contributed by atoms with Gasteiger partial charge in [0.25, 0.3) is 0 Å². The zero-order chi connectivity index (χ0) is 24.6. The van der Waals surface area contributed by atoms with Crippen molar-refractivity contribution in [2.75, 3.05) is 36.5 Å². The van der Waals surface area contributed by atoms with Crippen molar-refractivity contribution in [3.8, 4) is 17.0 Å². The number of hydrogen-bond acceptors (Lipinski definition) is 7. The van der Waals surface area contributed by atoms with E-state index in [1.54, 1.807) is 38.4 Å². The predicted molar refractivity (Wildman–Crippen MR) is 131 cm³/mol. The molecule has 1 fully saturated rings. The summed E-state index contributed by atoms with van der Waals surface area (Å²) in [7, 11) is -0.470. The van der Waals surface area contributed by atoms with Gasteiger partial charge in [0.15, 0.2) is 11.6 Å². The maximum atomic E-state index is 14.1. The first-order chi connectivity index (χ1) is 16.9. The summed E-state index contributed by atoms with van der Waals surface area (Å²) in [5, 5.41) is 8.22. The molecule has 1 aliphatic heterocycles. The van der Waals surface area contributed by atoms with E-state index in [2.05, 4.69) is 29.4 Å². The van der Waals surface area contributed by atoms with Crippen LogP contribution in [0.3, 0.4) is 0 Å². The van der Waals surface area contributed by atoms with E-state index in [0.717, 1.165) is 34.7 Å². The Balaban J connectivity index is 1.38. The van der Waals surface area contributed by atoms with Gasteiger partial charge in [-0.05, 0) is 37.3 Å². The lowest BCUT2D eigenvalue weighted by molar-refractivity contribution is 0.215. The predicted octanol–water partition coefficient (Wildman–Crippen LogP) is 4.36. The fourth-order valence-electron chi connectivity index (χ4n) is 4.20. The minimum absolute atomic E-state index is 0.173. The lowest BCUT2D eigenvalue weighted by Gasteiger charge is -2.29. The molecule has 35 heavy (non-hydrogen) atoms. The van der Waals surface area contributed by atoms with Crippen LogP contribution in [-0.2, 0) is 9.73 Å². The lowest BCUT2D eigenvalue weighted by atomic mass is 10.1. The fraction of sp³-hybridized carbons (Fsp3) is 0.292. The van der Waals surface area contributed by atoms with E-state index >= 15 is 0 Å². The van der Waals surface area contributed by atoms with Crippen molar-refractivity contribution in [3.05, 3.63) is 66.1 Å². The lowest BCUT2D eigenvalue weighted by Crippen LogP contribution is -2.40. The van der Waals surface area contributed by atoms with Crippen LogP contribution in [0.5, 0.6) is 5.75 Å². The summed E-state index contributed by atoms with van der Waals surface area (Å²) in [4.78, 5) is 10.2. The molecule has 4 aromatic rings. The topological polar surface area (TPSA) is 96.4 Å². The van der Waals surface area contributed by atoms with E-state index in [0.29, 0.717) is 36.0 Å². The van der Waals surface area contributed by atoms with E-state index in [1.807, 2.05) is 12.1 Å². The summed E-state index contributed by atoms with van der Waals surface area (Å²) in [6.45, 7) is 2.87. The Morgan fingerprint density at radius 1 is 1.11 bits per heavy atom. The number of nitrogens with one attached hydrogen (secondary N) is 1. The minimum Gasteiger partial charge on any atom is -0.486 e. The number of H-pyrrole nitrogens is 1. The van der Waals surface area contributed by atoms with Crippen molar-refractivity contribution in [2.45, 2.75) is 13.0 Å². The number of ether oxygens (including phenoxy) is 1. The number of halogens is 2. The van der Waals surface area contributed by atoms with Crippen LogP contribution in [0.4, 0.5) is 14.6 Å². The summed E-state index contributed by atoms with van der Waals surface area (Å²) in [5.41, 5.74) is 2.11. The van der Waals surface area contributed by atoms with Gasteiger partial charge in [-0.3, -0.25) is 10.1 Å². The second-order valence-corrected chi connectivity index (χ2v) is 11.0. The van der Waals surface area contributed by atoms with Gasteiger partial charge in [-0.25, -0.2) is 22.3 Å². The van der Waals surface area contributed by atoms with Crippen LogP contribution in [0.1, 0.15) is 18.6 Å². The first kappa shape index (κ1) is 23.2. The smallest absolute Gasteiger partial charge is 0.151 e. The number of aromatic nitrogens is 4. The van der Waals surface area contributed by atoms with Crippen molar-refractivity contribution in [1.29, 1.82) is 0 Å². The number of pyridine rings is 2. The van der Waals surface area contributed by atoms with E-state index in [9.17, 15) is 13.0 Å². The molecule has 0 amide bonds. The Hall–Kier alpha value is -3.60. The summed E-state index contributed by atoms with van der Waals surface area (Å²) in [6.07, 6.45) is 2.83. The Labute approximate surface area is 201 Å². The number of fused-ring (bicyclic) bond motifs is 1. The van der Waals surface area contributed by atoms with Crippen LogP contribution in [-0.4, -0.2) is 56.0 Å². The van der Waals surface area contributed by atoms with E-state index in [-0.39, 0.29) is 5.56 Å². The molecule has 1 unspecified atom stereocenters. The molecule has 0 spiro atoms. The molecule has 1 N–H and O–H groups in total. The highest BCUT2D eigenvalue weighted by molar-refractivity contribution is 7.93. The van der Waals surface area contributed by atoms with E-state index in [4.69, 9.17) is 4.74 Å². The first-order valence-corrected chi connectivity index (χ1v) is 13.0. The van der Waals surface area contributed by atoms with E-state index < -0.39 is 27.5 Å². The molecule has 3 aromatic heterocycles. The summed E-state index contributed by atoms with van der Waals surface area (Å²) in [5.74, 6) is 0.816. The van der Waals surface area contributed by atoms with Crippen LogP contribution < -0.4 is 9.64 Å². The van der Waals surface area contributed by atoms with Gasteiger partial charge in [0.2, 0.25) is 0 Å². The van der Waals surface area contributed by atoms with Crippen molar-refractivity contribution in [1.82, 2.24) is 20.2 Å². The van der Waals surface area contributed by atoms with Crippen LogP contribution in [0.25, 0.3) is 22.2 Å². The molecule has 0 saturated carbocycles. The molecule has 0 aliphatic carbocycles. The van der Waals surface area contributed by atoms with Crippen molar-refractivity contribution < 1.29 is 17.7 Å². The second-order valence-electron chi connectivity index (χ2n) is 8.31. The molecule has 1 atom stereocenters. The molecular weight excluding hydrogens is 474 g/mol. The first-order valence-electron chi connectivity index (χ1n) is 11.1. The van der Waals surface area contributed by atoms with Gasteiger partial charge in [0, 0.05) is 58.5 Å². The number of anilines is 1. The van der Waals surface area contributed by atoms with Gasteiger partial charge in [0.1, 0.15) is 23.4 Å². The number of benzene rings is 1. The van der Waals surface area contributed by atoms with Crippen LogP contribution in [0.2, 0.25) is 0 Å². The molecule has 5 rings (SSSR count). The molecule has 0 bridgehead atoms. The van der Waals surface area contributed by atoms with Crippen molar-refractivity contribution in [3.63, 3.8) is 0 Å². The Morgan fingerprint density at radius 2 is 1.86 bits per heavy atom. The highest BCUT2D eigenvalue weighted by Crippen LogP contribution is 2.32. The quantitative estimate of drug-likeness (QED) is 0.439. The van der Waals surface area contributed by atoms with Gasteiger partial charge in [0.05, 0.1) is 23.5 Å². The van der Waals surface area contributed by atoms with E-state index in [1.165, 1.54) is 0 Å². The number of nitrogens with zero attached hydrogens (tertiary/aromatic N) is 5. The van der Waals surface area contributed by atoms with Crippen LogP contribution in [0, 0.1) is 11.6 Å². The third-order valence-corrected chi connectivity index (χ3v) is 8.49. The highest BCUT2D eigenvalue weighted by Gasteiger charge is 2.22. The van der Waals surface area contributed by atoms with Gasteiger partial charge >= 0.3 is 0 Å². The fourth-order valence-corrected chi connectivity index (χ4v) is 5.78. The summed E-state index contributed by atoms with van der Waals surface area (Å²) >= 11 is 0. The third-order valence-electron chi connectivity index (χ3n) is 6.18. The standard InChI is InChI=1S/C24H24F2N6O2S/c1-15(23-19(25)13-28-14-20(23)26)34-17-4-5-21-18(11-17)24(31-30-21)16-3-6-22(29-12-16)32-7-9-35(33,27-2)10-8-32/h3-6,11-15H,7-10H2,1-2H3,(H,30,31).